The average molecular weight is 428 g/mol. The van der Waals surface area contributed by atoms with Gasteiger partial charge in [-0.1, -0.05) is 48.5 Å². The standard InChI is InChI=1S/C26H25N3O3/c30-24(14-8-17-29-25(31)22-12-4-5-13-23(22)26(29)32)28(19-20-9-2-1-3-10-20)18-15-21-11-6-7-16-27-21/h1-7,9-13,16H,8,14-15,17-19H2. The van der Waals surface area contributed by atoms with Crippen LogP contribution in [-0.2, 0) is 17.8 Å². The Kier molecular flexibility index (Phi) is 6.70. The molecule has 0 fully saturated rings. The zero-order valence-electron chi connectivity index (χ0n) is 17.8. The van der Waals surface area contributed by atoms with Crippen LogP contribution in [0.2, 0.25) is 0 Å². The van der Waals surface area contributed by atoms with Gasteiger partial charge in [-0.25, -0.2) is 0 Å². The lowest BCUT2D eigenvalue weighted by Gasteiger charge is -2.23. The number of benzene rings is 2. The first kappa shape index (κ1) is 21.4. The zero-order valence-corrected chi connectivity index (χ0v) is 17.8. The highest BCUT2D eigenvalue weighted by Crippen LogP contribution is 2.22. The summed E-state index contributed by atoms with van der Waals surface area (Å²) in [6.45, 7) is 1.30. The minimum absolute atomic E-state index is 0.00129. The molecule has 1 aromatic heterocycles. The second-order valence-corrected chi connectivity index (χ2v) is 7.78. The first-order chi connectivity index (χ1) is 15.6. The molecule has 4 rings (SSSR count). The number of hydrogen-bond donors (Lipinski definition) is 0. The van der Waals surface area contributed by atoms with Gasteiger partial charge < -0.3 is 4.90 Å². The Hall–Kier alpha value is -3.80. The molecule has 0 saturated heterocycles. The molecule has 1 aliphatic rings. The summed E-state index contributed by atoms with van der Waals surface area (Å²) < 4.78 is 0. The van der Waals surface area contributed by atoms with Crippen LogP contribution < -0.4 is 0 Å². The van der Waals surface area contributed by atoms with Gasteiger partial charge in [-0.3, -0.25) is 24.3 Å². The summed E-state index contributed by atoms with van der Waals surface area (Å²) in [6.07, 6.45) is 3.11. The van der Waals surface area contributed by atoms with Crippen molar-refractivity contribution in [2.45, 2.75) is 25.8 Å². The van der Waals surface area contributed by atoms with Gasteiger partial charge in [-0.05, 0) is 36.2 Å². The Labute approximate surface area is 187 Å². The van der Waals surface area contributed by atoms with E-state index in [2.05, 4.69) is 4.98 Å². The van der Waals surface area contributed by atoms with E-state index in [1.807, 2.05) is 53.4 Å². The van der Waals surface area contributed by atoms with Crippen molar-refractivity contribution in [3.63, 3.8) is 0 Å². The smallest absolute Gasteiger partial charge is 0.261 e. The molecule has 6 nitrogen and oxygen atoms in total. The second kappa shape index (κ2) is 10.0. The molecule has 6 heteroatoms. The largest absolute Gasteiger partial charge is 0.338 e. The van der Waals surface area contributed by atoms with Crippen molar-refractivity contribution in [2.24, 2.45) is 0 Å². The second-order valence-electron chi connectivity index (χ2n) is 7.78. The van der Waals surface area contributed by atoms with Crippen molar-refractivity contribution in [1.82, 2.24) is 14.8 Å². The van der Waals surface area contributed by atoms with E-state index in [0.717, 1.165) is 11.3 Å². The molecule has 0 N–H and O–H groups in total. The molecule has 0 unspecified atom stereocenters. The van der Waals surface area contributed by atoms with Crippen LogP contribution in [0.25, 0.3) is 0 Å². The normalized spacial score (nSPS) is 12.7. The molecule has 0 radical (unpaired) electrons. The number of imide groups is 1. The summed E-state index contributed by atoms with van der Waals surface area (Å²) in [5, 5.41) is 0. The predicted molar refractivity (Wildman–Crippen MR) is 121 cm³/mol. The maximum atomic E-state index is 13.0. The van der Waals surface area contributed by atoms with Crippen LogP contribution in [0.5, 0.6) is 0 Å². The van der Waals surface area contributed by atoms with Gasteiger partial charge in [0.25, 0.3) is 11.8 Å². The first-order valence-electron chi connectivity index (χ1n) is 10.8. The molecular formula is C26H25N3O3. The van der Waals surface area contributed by atoms with E-state index in [4.69, 9.17) is 0 Å². The van der Waals surface area contributed by atoms with Gasteiger partial charge in [0.15, 0.2) is 0 Å². The van der Waals surface area contributed by atoms with Crippen molar-refractivity contribution >= 4 is 17.7 Å². The van der Waals surface area contributed by atoms with Gasteiger partial charge in [0.1, 0.15) is 0 Å². The van der Waals surface area contributed by atoms with E-state index in [-0.39, 0.29) is 30.7 Å². The Morgan fingerprint density at radius 3 is 2.16 bits per heavy atom. The van der Waals surface area contributed by atoms with E-state index in [1.54, 1.807) is 30.5 Å². The Balaban J connectivity index is 1.36. The average Bonchev–Trinajstić information content (AvgIpc) is 3.08. The van der Waals surface area contributed by atoms with Crippen LogP contribution in [0, 0.1) is 0 Å². The number of amides is 3. The molecule has 0 bridgehead atoms. The number of aromatic nitrogens is 1. The van der Waals surface area contributed by atoms with E-state index < -0.39 is 0 Å². The number of carbonyl (C=O) groups is 3. The Morgan fingerprint density at radius 2 is 1.50 bits per heavy atom. The van der Waals surface area contributed by atoms with Gasteiger partial charge in [0, 0.05) is 44.4 Å². The highest BCUT2D eigenvalue weighted by atomic mass is 16.2. The first-order valence-corrected chi connectivity index (χ1v) is 10.8. The van der Waals surface area contributed by atoms with Gasteiger partial charge in [0.05, 0.1) is 11.1 Å². The molecule has 162 valence electrons. The van der Waals surface area contributed by atoms with Crippen molar-refractivity contribution in [1.29, 1.82) is 0 Å². The van der Waals surface area contributed by atoms with E-state index in [1.165, 1.54) is 4.90 Å². The quantitative estimate of drug-likeness (QED) is 0.488. The van der Waals surface area contributed by atoms with Crippen LogP contribution in [0.3, 0.4) is 0 Å². The van der Waals surface area contributed by atoms with Gasteiger partial charge >= 0.3 is 0 Å². The van der Waals surface area contributed by atoms with Gasteiger partial charge in [0.2, 0.25) is 5.91 Å². The highest BCUT2D eigenvalue weighted by Gasteiger charge is 2.34. The fourth-order valence-electron chi connectivity index (χ4n) is 3.88. The Morgan fingerprint density at radius 1 is 0.844 bits per heavy atom. The summed E-state index contributed by atoms with van der Waals surface area (Å²) >= 11 is 0. The third-order valence-electron chi connectivity index (χ3n) is 5.58. The monoisotopic (exact) mass is 427 g/mol. The SMILES string of the molecule is O=C(CCCN1C(=O)c2ccccc2C1=O)N(CCc1ccccn1)Cc1ccccc1. The zero-order chi connectivity index (χ0) is 22.3. The third kappa shape index (κ3) is 4.91. The molecular weight excluding hydrogens is 402 g/mol. The lowest BCUT2D eigenvalue weighted by atomic mass is 10.1. The minimum Gasteiger partial charge on any atom is -0.338 e. The Bertz CT molecular complexity index is 1060. The maximum absolute atomic E-state index is 13.0. The molecule has 3 aromatic rings. The third-order valence-corrected chi connectivity index (χ3v) is 5.58. The van der Waals surface area contributed by atoms with Crippen molar-refractivity contribution in [2.75, 3.05) is 13.1 Å². The molecule has 32 heavy (non-hydrogen) atoms. The molecule has 0 saturated carbocycles. The van der Waals surface area contributed by atoms with Crippen molar-refractivity contribution in [3.05, 3.63) is 101 Å². The number of rotatable bonds is 9. The van der Waals surface area contributed by atoms with Crippen molar-refractivity contribution < 1.29 is 14.4 Å². The topological polar surface area (TPSA) is 70.6 Å². The fourth-order valence-corrected chi connectivity index (χ4v) is 3.88. The summed E-state index contributed by atoms with van der Waals surface area (Å²) in [5.74, 6) is -0.565. The number of carbonyl (C=O) groups excluding carboxylic acids is 3. The lowest BCUT2D eigenvalue weighted by Crippen LogP contribution is -2.34. The summed E-state index contributed by atoms with van der Waals surface area (Å²) in [7, 11) is 0. The van der Waals surface area contributed by atoms with Crippen LogP contribution >= 0.6 is 0 Å². The summed E-state index contributed by atoms with van der Waals surface area (Å²) in [5.41, 5.74) is 2.86. The predicted octanol–water partition coefficient (Wildman–Crippen LogP) is 3.73. The van der Waals surface area contributed by atoms with E-state index >= 15 is 0 Å². The summed E-state index contributed by atoms with van der Waals surface area (Å²) in [6, 6.07) is 22.5. The molecule has 0 spiro atoms. The molecule has 1 aliphatic heterocycles. The minimum atomic E-state index is -0.283. The van der Waals surface area contributed by atoms with Crippen LogP contribution in [0.15, 0.2) is 79.0 Å². The lowest BCUT2D eigenvalue weighted by molar-refractivity contribution is -0.132. The van der Waals surface area contributed by atoms with Crippen LogP contribution in [0.1, 0.15) is 44.8 Å². The van der Waals surface area contributed by atoms with Gasteiger partial charge in [-0.15, -0.1) is 0 Å². The van der Waals surface area contributed by atoms with Crippen molar-refractivity contribution in [3.8, 4) is 0 Å². The highest BCUT2D eigenvalue weighted by molar-refractivity contribution is 6.21. The number of fused-ring (bicyclic) bond motifs is 1. The maximum Gasteiger partial charge on any atom is 0.261 e. The number of nitrogens with zero attached hydrogens (tertiary/aromatic N) is 3. The molecule has 0 aliphatic carbocycles. The van der Waals surface area contributed by atoms with Crippen LogP contribution in [0.4, 0.5) is 0 Å². The number of pyridine rings is 1. The summed E-state index contributed by atoms with van der Waals surface area (Å²) in [4.78, 5) is 45.5. The molecule has 3 amide bonds. The van der Waals surface area contributed by atoms with E-state index in [9.17, 15) is 14.4 Å². The molecule has 2 aromatic carbocycles. The van der Waals surface area contributed by atoms with E-state index in [0.29, 0.717) is 37.1 Å². The molecule has 0 atom stereocenters. The van der Waals surface area contributed by atoms with Crippen LogP contribution in [-0.4, -0.2) is 45.6 Å². The fraction of sp³-hybridized carbons (Fsp3) is 0.231. The number of hydrogen-bond acceptors (Lipinski definition) is 4. The molecule has 2 heterocycles. The van der Waals surface area contributed by atoms with Gasteiger partial charge in [-0.2, -0.15) is 0 Å².